The van der Waals surface area contributed by atoms with Crippen molar-refractivity contribution in [1.29, 1.82) is 0 Å². The minimum absolute atomic E-state index is 0. The molecule has 2 aromatic carbocycles. The molecule has 2 heterocycles. The quantitative estimate of drug-likeness (QED) is 0.336. The maximum atomic E-state index is 13.4. The molecule has 0 saturated carbocycles. The first-order valence-electron chi connectivity index (χ1n) is 11.3. The van der Waals surface area contributed by atoms with Gasteiger partial charge in [-0.15, -0.1) is 12.4 Å². The zero-order valence-electron chi connectivity index (χ0n) is 19.0. The molecular weight excluding hydrogens is 485 g/mol. The monoisotopic (exact) mass is 511 g/mol. The van der Waals surface area contributed by atoms with Gasteiger partial charge in [0.1, 0.15) is 17.5 Å². The molecule has 1 aromatic heterocycles. The van der Waals surface area contributed by atoms with Crippen LogP contribution in [0.1, 0.15) is 35.4 Å². The molecule has 0 amide bonds. The van der Waals surface area contributed by atoms with Gasteiger partial charge in [-0.1, -0.05) is 24.3 Å². The standard InChI is InChI=1S/C26H26F5N3.ClH/c27-22-8-3-19(4-9-22)24(20-5-10-23(28)11-6-20)2-1-13-33-14-16-34(17-15-33)25-12-7-21(18-32-25)26(29,30)31;/h3-12,18,24H,1-2,13-17H2;1H. The van der Waals surface area contributed by atoms with E-state index in [2.05, 4.69) is 9.88 Å². The van der Waals surface area contributed by atoms with Crippen LogP contribution in [0.5, 0.6) is 0 Å². The first-order valence-corrected chi connectivity index (χ1v) is 11.3. The Morgan fingerprint density at radius 1 is 0.771 bits per heavy atom. The molecule has 3 aromatic rings. The Hall–Kier alpha value is -2.71. The highest BCUT2D eigenvalue weighted by atomic mass is 35.5. The van der Waals surface area contributed by atoms with Crippen LogP contribution in [0.25, 0.3) is 0 Å². The lowest BCUT2D eigenvalue weighted by atomic mass is 9.87. The van der Waals surface area contributed by atoms with Gasteiger partial charge in [-0.25, -0.2) is 13.8 Å². The van der Waals surface area contributed by atoms with Gasteiger partial charge in [0.25, 0.3) is 0 Å². The van der Waals surface area contributed by atoms with E-state index in [1.807, 2.05) is 4.90 Å². The van der Waals surface area contributed by atoms with Crippen molar-refractivity contribution in [2.75, 3.05) is 37.6 Å². The van der Waals surface area contributed by atoms with E-state index in [0.29, 0.717) is 18.9 Å². The van der Waals surface area contributed by atoms with E-state index in [1.165, 1.54) is 30.3 Å². The average Bonchev–Trinajstić information content (AvgIpc) is 2.83. The van der Waals surface area contributed by atoms with Gasteiger partial charge in [-0.05, 0) is 66.9 Å². The predicted molar refractivity (Wildman–Crippen MR) is 129 cm³/mol. The average molecular weight is 512 g/mol. The van der Waals surface area contributed by atoms with Gasteiger partial charge in [0, 0.05) is 38.3 Å². The highest BCUT2D eigenvalue weighted by Gasteiger charge is 2.31. The third-order valence-electron chi connectivity index (χ3n) is 6.28. The zero-order chi connectivity index (χ0) is 24.1. The van der Waals surface area contributed by atoms with Crippen molar-refractivity contribution in [2.45, 2.75) is 24.9 Å². The van der Waals surface area contributed by atoms with Gasteiger partial charge < -0.3 is 4.90 Å². The normalized spacial score (nSPS) is 14.7. The molecule has 0 bridgehead atoms. The molecule has 0 aliphatic carbocycles. The number of anilines is 1. The van der Waals surface area contributed by atoms with Crippen molar-refractivity contribution in [1.82, 2.24) is 9.88 Å². The van der Waals surface area contributed by atoms with E-state index in [0.717, 1.165) is 55.9 Å². The second-order valence-corrected chi connectivity index (χ2v) is 8.53. The molecule has 1 aliphatic heterocycles. The Balaban J connectivity index is 0.00000342. The maximum Gasteiger partial charge on any atom is 0.417 e. The van der Waals surface area contributed by atoms with Crippen molar-refractivity contribution in [3.63, 3.8) is 0 Å². The molecule has 0 radical (unpaired) electrons. The van der Waals surface area contributed by atoms with Gasteiger partial charge in [0.2, 0.25) is 0 Å². The highest BCUT2D eigenvalue weighted by Crippen LogP contribution is 2.31. The molecule has 1 fully saturated rings. The van der Waals surface area contributed by atoms with E-state index in [-0.39, 0.29) is 30.0 Å². The van der Waals surface area contributed by atoms with E-state index in [1.54, 1.807) is 24.3 Å². The molecule has 0 spiro atoms. The summed E-state index contributed by atoms with van der Waals surface area (Å²) in [6.07, 6.45) is -1.77. The van der Waals surface area contributed by atoms with Gasteiger partial charge in [-0.3, -0.25) is 4.90 Å². The summed E-state index contributed by atoms with van der Waals surface area (Å²) in [6.45, 7) is 3.84. The van der Waals surface area contributed by atoms with Crippen LogP contribution in [-0.2, 0) is 6.18 Å². The number of hydrogen-bond donors (Lipinski definition) is 0. The number of piperazine rings is 1. The summed E-state index contributed by atoms with van der Waals surface area (Å²) in [5.41, 5.74) is 1.24. The third kappa shape index (κ3) is 7.15. The molecule has 35 heavy (non-hydrogen) atoms. The fraction of sp³-hybridized carbons (Fsp3) is 0.346. The first kappa shape index (κ1) is 26.9. The van der Waals surface area contributed by atoms with E-state index in [9.17, 15) is 22.0 Å². The van der Waals surface area contributed by atoms with Crippen molar-refractivity contribution in [2.24, 2.45) is 0 Å². The number of hydrogen-bond acceptors (Lipinski definition) is 3. The molecule has 4 rings (SSSR count). The van der Waals surface area contributed by atoms with Crippen molar-refractivity contribution < 1.29 is 22.0 Å². The lowest BCUT2D eigenvalue weighted by Crippen LogP contribution is -2.47. The highest BCUT2D eigenvalue weighted by molar-refractivity contribution is 5.85. The SMILES string of the molecule is Cl.Fc1ccc(C(CCCN2CCN(c3ccc(C(F)(F)F)cn3)CC2)c2ccc(F)cc2)cc1. The number of aromatic nitrogens is 1. The Morgan fingerprint density at radius 2 is 1.31 bits per heavy atom. The number of rotatable bonds is 7. The molecule has 9 heteroatoms. The van der Waals surface area contributed by atoms with Crippen molar-refractivity contribution in [3.05, 3.63) is 95.2 Å². The molecule has 0 N–H and O–H groups in total. The summed E-state index contributed by atoms with van der Waals surface area (Å²) in [7, 11) is 0. The summed E-state index contributed by atoms with van der Waals surface area (Å²) >= 11 is 0. The Labute approximate surface area is 208 Å². The number of pyridine rings is 1. The summed E-state index contributed by atoms with van der Waals surface area (Å²) in [4.78, 5) is 8.32. The molecular formula is C26H27ClF5N3. The lowest BCUT2D eigenvalue weighted by molar-refractivity contribution is -0.137. The largest absolute Gasteiger partial charge is 0.417 e. The maximum absolute atomic E-state index is 13.4. The first-order chi connectivity index (χ1) is 16.3. The fourth-order valence-electron chi connectivity index (χ4n) is 4.38. The molecule has 0 atom stereocenters. The molecule has 1 aliphatic rings. The van der Waals surface area contributed by atoms with E-state index >= 15 is 0 Å². The Kier molecular flexibility index (Phi) is 9.08. The van der Waals surface area contributed by atoms with Crippen LogP contribution in [0.3, 0.4) is 0 Å². The zero-order valence-corrected chi connectivity index (χ0v) is 19.8. The third-order valence-corrected chi connectivity index (χ3v) is 6.28. The van der Waals surface area contributed by atoms with Crippen molar-refractivity contribution >= 4 is 18.2 Å². The van der Waals surface area contributed by atoms with Crippen LogP contribution in [0, 0.1) is 11.6 Å². The topological polar surface area (TPSA) is 19.4 Å². The molecule has 1 saturated heterocycles. The predicted octanol–water partition coefficient (Wildman–Crippen LogP) is 6.53. The molecule has 0 unspecified atom stereocenters. The number of nitrogens with zero attached hydrogens (tertiary/aromatic N) is 3. The van der Waals surface area contributed by atoms with Crippen LogP contribution < -0.4 is 4.90 Å². The Bertz CT molecular complexity index is 1000. The number of benzene rings is 2. The fourth-order valence-corrected chi connectivity index (χ4v) is 4.38. The van der Waals surface area contributed by atoms with Crippen LogP contribution in [0.15, 0.2) is 66.9 Å². The summed E-state index contributed by atoms with van der Waals surface area (Å²) in [5, 5.41) is 0. The lowest BCUT2D eigenvalue weighted by Gasteiger charge is -2.35. The second-order valence-electron chi connectivity index (χ2n) is 8.53. The van der Waals surface area contributed by atoms with Gasteiger partial charge in [0.15, 0.2) is 0 Å². The summed E-state index contributed by atoms with van der Waals surface area (Å²) < 4.78 is 65.1. The van der Waals surface area contributed by atoms with E-state index in [4.69, 9.17) is 0 Å². The van der Waals surface area contributed by atoms with Crippen LogP contribution >= 0.6 is 12.4 Å². The number of alkyl halides is 3. The van der Waals surface area contributed by atoms with Crippen LogP contribution in [0.2, 0.25) is 0 Å². The van der Waals surface area contributed by atoms with Gasteiger partial charge in [-0.2, -0.15) is 13.2 Å². The van der Waals surface area contributed by atoms with Gasteiger partial charge >= 0.3 is 6.18 Å². The van der Waals surface area contributed by atoms with Gasteiger partial charge in [0.05, 0.1) is 5.56 Å². The van der Waals surface area contributed by atoms with Crippen LogP contribution in [0.4, 0.5) is 27.8 Å². The summed E-state index contributed by atoms with van der Waals surface area (Å²) in [5.74, 6) is 0.0168. The molecule has 188 valence electrons. The van der Waals surface area contributed by atoms with E-state index < -0.39 is 11.7 Å². The molecule has 3 nitrogen and oxygen atoms in total. The van der Waals surface area contributed by atoms with Crippen molar-refractivity contribution in [3.8, 4) is 0 Å². The number of halogens is 6. The Morgan fingerprint density at radius 3 is 1.77 bits per heavy atom. The second kappa shape index (κ2) is 11.8. The van der Waals surface area contributed by atoms with Crippen LogP contribution in [-0.4, -0.2) is 42.6 Å². The minimum Gasteiger partial charge on any atom is -0.354 e. The smallest absolute Gasteiger partial charge is 0.354 e. The summed E-state index contributed by atoms with van der Waals surface area (Å²) in [6, 6.07) is 15.4. The minimum atomic E-state index is -4.39.